The summed E-state index contributed by atoms with van der Waals surface area (Å²) in [4.78, 5) is 15.3. The van der Waals surface area contributed by atoms with E-state index in [4.69, 9.17) is 5.11 Å². The van der Waals surface area contributed by atoms with Crippen LogP contribution < -0.4 is 5.32 Å². The monoisotopic (exact) mass is 294 g/mol. The van der Waals surface area contributed by atoms with E-state index in [-0.39, 0.29) is 17.8 Å². The molecule has 0 aliphatic heterocycles. The van der Waals surface area contributed by atoms with Crippen LogP contribution in [0.15, 0.2) is 18.2 Å². The number of nitrogens with zero attached hydrogens (tertiary/aromatic N) is 1. The van der Waals surface area contributed by atoms with Crippen LogP contribution in [0.1, 0.15) is 25.7 Å². The number of halogens is 1. The zero-order valence-electron chi connectivity index (χ0n) is 10.8. The van der Waals surface area contributed by atoms with Gasteiger partial charge in [-0.1, -0.05) is 17.4 Å². The van der Waals surface area contributed by atoms with Crippen molar-refractivity contribution in [3.63, 3.8) is 0 Å². The minimum absolute atomic E-state index is 0.221. The summed E-state index contributed by atoms with van der Waals surface area (Å²) < 4.78 is 14.2. The Kier molecular flexibility index (Phi) is 3.56. The molecule has 0 radical (unpaired) electrons. The van der Waals surface area contributed by atoms with Crippen LogP contribution in [0.2, 0.25) is 0 Å². The largest absolute Gasteiger partial charge is 0.481 e. The van der Waals surface area contributed by atoms with Gasteiger partial charge in [-0.2, -0.15) is 0 Å². The number of rotatable bonds is 3. The molecule has 1 heterocycles. The van der Waals surface area contributed by atoms with Crippen molar-refractivity contribution in [2.75, 3.05) is 5.32 Å². The topological polar surface area (TPSA) is 62.2 Å². The number of hydrogen-bond acceptors (Lipinski definition) is 4. The minimum atomic E-state index is -0.703. The van der Waals surface area contributed by atoms with Crippen LogP contribution in [-0.2, 0) is 4.79 Å². The Bertz CT molecular complexity index is 635. The van der Waals surface area contributed by atoms with E-state index >= 15 is 0 Å². The molecular weight excluding hydrogens is 279 g/mol. The molecule has 1 saturated carbocycles. The van der Waals surface area contributed by atoms with Gasteiger partial charge in [0, 0.05) is 6.04 Å². The maximum absolute atomic E-state index is 13.6. The third-order valence-electron chi connectivity index (χ3n) is 3.77. The Morgan fingerprint density at radius 3 is 2.75 bits per heavy atom. The maximum Gasteiger partial charge on any atom is 0.306 e. The fraction of sp³-hybridized carbons (Fsp3) is 0.429. The zero-order chi connectivity index (χ0) is 14.1. The van der Waals surface area contributed by atoms with Gasteiger partial charge >= 0.3 is 5.97 Å². The molecular formula is C14H15FN2O2S. The number of fused-ring (bicyclic) bond motifs is 1. The molecule has 2 N–H and O–H groups in total. The highest BCUT2D eigenvalue weighted by Crippen LogP contribution is 2.31. The van der Waals surface area contributed by atoms with Crippen molar-refractivity contribution in [3.05, 3.63) is 24.0 Å². The van der Waals surface area contributed by atoms with Crippen molar-refractivity contribution in [1.82, 2.24) is 4.98 Å². The molecule has 1 fully saturated rings. The molecule has 0 atom stereocenters. The van der Waals surface area contributed by atoms with Gasteiger partial charge < -0.3 is 10.4 Å². The lowest BCUT2D eigenvalue weighted by Gasteiger charge is -2.26. The first kappa shape index (κ1) is 13.3. The summed E-state index contributed by atoms with van der Waals surface area (Å²) in [7, 11) is 0. The fourth-order valence-electron chi connectivity index (χ4n) is 2.64. The number of benzene rings is 1. The molecule has 1 aliphatic carbocycles. The average Bonchev–Trinajstić information content (AvgIpc) is 2.83. The van der Waals surface area contributed by atoms with E-state index in [0.717, 1.165) is 12.8 Å². The van der Waals surface area contributed by atoms with Gasteiger partial charge in [-0.05, 0) is 37.8 Å². The third-order valence-corrected chi connectivity index (χ3v) is 4.78. The summed E-state index contributed by atoms with van der Waals surface area (Å²) >= 11 is 1.31. The first-order valence-corrected chi connectivity index (χ1v) is 7.49. The molecule has 106 valence electrons. The molecule has 1 aromatic carbocycles. The number of nitrogens with one attached hydrogen (secondary N) is 1. The van der Waals surface area contributed by atoms with Gasteiger partial charge in [0.2, 0.25) is 0 Å². The Morgan fingerprint density at radius 2 is 2.10 bits per heavy atom. The summed E-state index contributed by atoms with van der Waals surface area (Å²) in [6.07, 6.45) is 3.00. The second-order valence-electron chi connectivity index (χ2n) is 5.14. The van der Waals surface area contributed by atoms with E-state index in [0.29, 0.717) is 28.2 Å². The molecule has 20 heavy (non-hydrogen) atoms. The van der Waals surface area contributed by atoms with Gasteiger partial charge in [0.05, 0.1) is 16.1 Å². The van der Waals surface area contributed by atoms with Gasteiger partial charge in [-0.25, -0.2) is 9.37 Å². The predicted molar refractivity (Wildman–Crippen MR) is 76.6 cm³/mol. The van der Waals surface area contributed by atoms with Crippen LogP contribution >= 0.6 is 11.3 Å². The number of aromatic nitrogens is 1. The molecule has 0 spiro atoms. The number of anilines is 1. The summed E-state index contributed by atoms with van der Waals surface area (Å²) in [6.45, 7) is 0. The standard InChI is InChI=1S/C14H15FN2O2S/c15-10-2-1-3-11-12(10)20-14(17-11)16-9-6-4-8(5-7-9)13(18)19/h1-3,8-9H,4-7H2,(H,16,17)(H,18,19). The minimum Gasteiger partial charge on any atom is -0.481 e. The first-order chi connectivity index (χ1) is 9.63. The second kappa shape index (κ2) is 5.36. The van der Waals surface area contributed by atoms with E-state index in [1.54, 1.807) is 12.1 Å². The summed E-state index contributed by atoms with van der Waals surface area (Å²) in [5.74, 6) is -1.17. The number of carboxylic acids is 1. The maximum atomic E-state index is 13.6. The lowest BCUT2D eigenvalue weighted by Crippen LogP contribution is -2.29. The Morgan fingerprint density at radius 1 is 1.35 bits per heavy atom. The van der Waals surface area contributed by atoms with Crippen molar-refractivity contribution in [3.8, 4) is 0 Å². The van der Waals surface area contributed by atoms with E-state index < -0.39 is 5.97 Å². The summed E-state index contributed by atoms with van der Waals surface area (Å²) in [5.41, 5.74) is 0.664. The molecule has 6 heteroatoms. The van der Waals surface area contributed by atoms with Crippen molar-refractivity contribution < 1.29 is 14.3 Å². The first-order valence-electron chi connectivity index (χ1n) is 6.68. The highest BCUT2D eigenvalue weighted by Gasteiger charge is 2.26. The van der Waals surface area contributed by atoms with Gasteiger partial charge in [-0.3, -0.25) is 4.79 Å². The SMILES string of the molecule is O=C(O)C1CCC(Nc2nc3cccc(F)c3s2)CC1. The molecule has 0 amide bonds. The molecule has 1 aliphatic rings. The lowest BCUT2D eigenvalue weighted by molar-refractivity contribution is -0.142. The van der Waals surface area contributed by atoms with E-state index in [2.05, 4.69) is 10.3 Å². The third kappa shape index (κ3) is 2.60. The molecule has 3 rings (SSSR count). The normalized spacial score (nSPS) is 22.9. The molecule has 0 bridgehead atoms. The molecule has 1 aromatic heterocycles. The Balaban J connectivity index is 1.68. The molecule has 4 nitrogen and oxygen atoms in total. The van der Waals surface area contributed by atoms with E-state index in [1.165, 1.54) is 17.4 Å². The number of carbonyl (C=O) groups is 1. The van der Waals surface area contributed by atoms with Gasteiger partial charge in [0.15, 0.2) is 5.13 Å². The Hall–Kier alpha value is -1.69. The zero-order valence-corrected chi connectivity index (χ0v) is 11.6. The van der Waals surface area contributed by atoms with Crippen LogP contribution in [0.5, 0.6) is 0 Å². The van der Waals surface area contributed by atoms with E-state index in [9.17, 15) is 9.18 Å². The van der Waals surface area contributed by atoms with Crippen LogP contribution in [0.4, 0.5) is 9.52 Å². The van der Waals surface area contributed by atoms with Crippen LogP contribution in [0.25, 0.3) is 10.2 Å². The number of aliphatic carboxylic acids is 1. The van der Waals surface area contributed by atoms with Crippen LogP contribution in [0.3, 0.4) is 0 Å². The van der Waals surface area contributed by atoms with Crippen molar-refractivity contribution in [1.29, 1.82) is 0 Å². The Labute approximate surface area is 119 Å². The van der Waals surface area contributed by atoms with Crippen molar-refractivity contribution in [2.45, 2.75) is 31.7 Å². The fourth-order valence-corrected chi connectivity index (χ4v) is 3.58. The van der Waals surface area contributed by atoms with Gasteiger partial charge in [0.1, 0.15) is 5.82 Å². The van der Waals surface area contributed by atoms with Gasteiger partial charge in [0.25, 0.3) is 0 Å². The molecule has 0 unspecified atom stereocenters. The van der Waals surface area contributed by atoms with Crippen LogP contribution in [-0.4, -0.2) is 22.1 Å². The quantitative estimate of drug-likeness (QED) is 0.909. The average molecular weight is 294 g/mol. The molecule has 2 aromatic rings. The predicted octanol–water partition coefficient (Wildman–Crippen LogP) is 3.49. The van der Waals surface area contributed by atoms with E-state index in [1.807, 2.05) is 0 Å². The van der Waals surface area contributed by atoms with Crippen molar-refractivity contribution >= 4 is 32.7 Å². The van der Waals surface area contributed by atoms with Gasteiger partial charge in [-0.15, -0.1) is 0 Å². The van der Waals surface area contributed by atoms with Crippen LogP contribution in [0, 0.1) is 11.7 Å². The van der Waals surface area contributed by atoms with Crippen molar-refractivity contribution in [2.24, 2.45) is 5.92 Å². The smallest absolute Gasteiger partial charge is 0.306 e. The highest BCUT2D eigenvalue weighted by atomic mass is 32.1. The summed E-state index contributed by atoms with van der Waals surface area (Å²) in [5, 5.41) is 13.0. The highest BCUT2D eigenvalue weighted by molar-refractivity contribution is 7.22. The lowest BCUT2D eigenvalue weighted by atomic mass is 9.86. The summed E-state index contributed by atoms with van der Waals surface area (Å²) in [6, 6.07) is 5.11. The number of thiazole rings is 1. The second-order valence-corrected chi connectivity index (χ2v) is 6.14. The number of carboxylic acid groups (broad SMARTS) is 1. The molecule has 0 saturated heterocycles. The number of hydrogen-bond donors (Lipinski definition) is 2.